The van der Waals surface area contributed by atoms with Gasteiger partial charge in [0.25, 0.3) is 20.2 Å². The van der Waals surface area contributed by atoms with Gasteiger partial charge in [-0.05, 0) is 31.9 Å². The Bertz CT molecular complexity index is 869. The lowest BCUT2D eigenvalue weighted by molar-refractivity contribution is -0.351. The molecular formula is C14H20NO6S2+. The van der Waals surface area contributed by atoms with Gasteiger partial charge in [-0.3, -0.25) is 9.11 Å². The second kappa shape index (κ2) is 5.66. The lowest BCUT2D eigenvalue weighted by atomic mass is 9.81. The van der Waals surface area contributed by atoms with Gasteiger partial charge in [-0.2, -0.15) is 16.8 Å². The van der Waals surface area contributed by atoms with Crippen molar-refractivity contribution in [2.24, 2.45) is 0 Å². The van der Waals surface area contributed by atoms with Crippen molar-refractivity contribution in [3.63, 3.8) is 0 Å². The molecule has 0 radical (unpaired) electrons. The van der Waals surface area contributed by atoms with E-state index in [9.17, 15) is 21.4 Å². The zero-order valence-electron chi connectivity index (χ0n) is 13.1. The molecule has 9 heteroatoms. The molecule has 1 aromatic carbocycles. The number of benzene rings is 1. The van der Waals surface area contributed by atoms with Crippen LogP contribution in [-0.4, -0.2) is 37.4 Å². The smallest absolute Gasteiger partial charge is 0.272 e. The molecule has 0 aliphatic carbocycles. The van der Waals surface area contributed by atoms with Crippen molar-refractivity contribution >= 4 is 31.6 Å². The summed E-state index contributed by atoms with van der Waals surface area (Å²) < 4.78 is 63.3. The molecule has 1 aliphatic heterocycles. The van der Waals surface area contributed by atoms with Crippen LogP contribution in [0.3, 0.4) is 0 Å². The molecule has 0 amide bonds. The Morgan fingerprint density at radius 1 is 1.17 bits per heavy atom. The van der Waals surface area contributed by atoms with Crippen LogP contribution in [0, 0.1) is 0 Å². The summed E-state index contributed by atoms with van der Waals surface area (Å²) in [5.74, 6) is -0.749. The van der Waals surface area contributed by atoms with Gasteiger partial charge in [0.15, 0.2) is 5.71 Å². The highest BCUT2D eigenvalue weighted by atomic mass is 32.2. The highest BCUT2D eigenvalue weighted by Crippen LogP contribution is 2.35. The first-order valence-corrected chi connectivity index (χ1v) is 10.1. The number of hydrogen-bond donors (Lipinski definition) is 3. The predicted molar refractivity (Wildman–Crippen MR) is 86.1 cm³/mol. The second-order valence-corrected chi connectivity index (χ2v) is 9.43. The van der Waals surface area contributed by atoms with E-state index < -0.39 is 37.7 Å². The standard InChI is InChI=1S/C14H19NO6S2/c1-9-14(2,3)11-8-10(4-5-12(11)15-9)13(23(19,20)21)6-7-22(16,17)18/h4-5,8,13H,6-7H2,1-3H3,(H,16,17,18)(H,19,20,21)/p+1. The summed E-state index contributed by atoms with van der Waals surface area (Å²) in [4.78, 5) is 3.22. The molecule has 1 heterocycles. The summed E-state index contributed by atoms with van der Waals surface area (Å²) in [5.41, 5.74) is 2.69. The molecule has 0 saturated heterocycles. The first-order chi connectivity index (χ1) is 10.3. The van der Waals surface area contributed by atoms with E-state index in [4.69, 9.17) is 4.55 Å². The Morgan fingerprint density at radius 3 is 2.30 bits per heavy atom. The fourth-order valence-corrected chi connectivity index (χ4v) is 4.28. The number of nitrogens with one attached hydrogen (secondary N) is 1. The molecular weight excluding hydrogens is 342 g/mol. The minimum absolute atomic E-state index is 0.291. The zero-order chi connectivity index (χ0) is 17.6. The average Bonchev–Trinajstić information content (AvgIpc) is 2.58. The monoisotopic (exact) mass is 362 g/mol. The first kappa shape index (κ1) is 18.1. The molecule has 1 unspecified atom stereocenters. The lowest BCUT2D eigenvalue weighted by Crippen LogP contribution is -2.64. The van der Waals surface area contributed by atoms with Crippen molar-refractivity contribution < 1.29 is 30.9 Å². The van der Waals surface area contributed by atoms with E-state index in [1.165, 1.54) is 6.07 Å². The van der Waals surface area contributed by atoms with Gasteiger partial charge < -0.3 is 0 Å². The number of hydrogen-bond acceptors (Lipinski definition) is 4. The van der Waals surface area contributed by atoms with E-state index in [1.807, 2.05) is 20.8 Å². The Balaban J connectivity index is 2.46. The maximum absolute atomic E-state index is 11.6. The summed E-state index contributed by atoms with van der Waals surface area (Å²) >= 11 is 0. The van der Waals surface area contributed by atoms with Crippen LogP contribution in [0.2, 0.25) is 0 Å². The van der Waals surface area contributed by atoms with Crippen molar-refractivity contribution in [2.75, 3.05) is 5.75 Å². The van der Waals surface area contributed by atoms with E-state index in [-0.39, 0.29) is 5.41 Å². The highest BCUT2D eigenvalue weighted by Gasteiger charge is 2.39. The largest absolute Gasteiger partial charge is 0.286 e. The predicted octanol–water partition coefficient (Wildman–Crippen LogP) is 0.358. The van der Waals surface area contributed by atoms with Crippen LogP contribution in [0.4, 0.5) is 5.69 Å². The van der Waals surface area contributed by atoms with Crippen LogP contribution in [0.15, 0.2) is 18.2 Å². The fraction of sp³-hybridized carbons (Fsp3) is 0.500. The van der Waals surface area contributed by atoms with Crippen LogP contribution in [0.5, 0.6) is 0 Å². The third-order valence-corrected chi connectivity index (χ3v) is 6.32. The van der Waals surface area contributed by atoms with Crippen LogP contribution < -0.4 is 4.99 Å². The maximum Gasteiger partial charge on any atom is 0.272 e. The van der Waals surface area contributed by atoms with Crippen molar-refractivity contribution in [1.29, 1.82) is 0 Å². The zero-order valence-corrected chi connectivity index (χ0v) is 14.7. The van der Waals surface area contributed by atoms with Gasteiger partial charge in [-0.15, -0.1) is 0 Å². The van der Waals surface area contributed by atoms with Crippen molar-refractivity contribution in [3.05, 3.63) is 29.3 Å². The Labute approximate surface area is 135 Å². The molecule has 7 nitrogen and oxygen atoms in total. The van der Waals surface area contributed by atoms with Gasteiger partial charge in [-0.25, -0.2) is 4.99 Å². The lowest BCUT2D eigenvalue weighted by Gasteiger charge is -2.18. The molecule has 128 valence electrons. The Morgan fingerprint density at radius 2 is 1.78 bits per heavy atom. The van der Waals surface area contributed by atoms with E-state index >= 15 is 0 Å². The third kappa shape index (κ3) is 3.79. The molecule has 0 fully saturated rings. The Kier molecular flexibility index (Phi) is 4.44. The van der Waals surface area contributed by atoms with Gasteiger partial charge >= 0.3 is 0 Å². The summed E-state index contributed by atoms with van der Waals surface area (Å²) in [7, 11) is -8.83. The summed E-state index contributed by atoms with van der Waals surface area (Å²) in [6.07, 6.45) is -0.424. The van der Waals surface area contributed by atoms with Gasteiger partial charge in [-0.1, -0.05) is 6.07 Å². The third-order valence-electron chi connectivity index (χ3n) is 4.35. The molecule has 1 atom stereocenters. The van der Waals surface area contributed by atoms with Crippen molar-refractivity contribution in [1.82, 2.24) is 0 Å². The van der Waals surface area contributed by atoms with E-state index in [0.717, 1.165) is 17.0 Å². The van der Waals surface area contributed by atoms with Crippen LogP contribution in [0.25, 0.3) is 0 Å². The van der Waals surface area contributed by atoms with Gasteiger partial charge in [0.2, 0.25) is 5.69 Å². The van der Waals surface area contributed by atoms with Gasteiger partial charge in [0.1, 0.15) is 5.25 Å². The molecule has 1 aromatic rings. The van der Waals surface area contributed by atoms with Gasteiger partial charge in [0, 0.05) is 18.6 Å². The SMILES string of the molecule is CC1=[NH+]c2ccc(C(CCS(=O)(=O)O)S(=O)(=O)O)cc2C1(C)C. The number of fused-ring (bicyclic) bond motifs is 1. The van der Waals surface area contributed by atoms with Crippen molar-refractivity contribution in [3.8, 4) is 0 Å². The van der Waals surface area contributed by atoms with Crippen LogP contribution in [-0.2, 0) is 25.7 Å². The quantitative estimate of drug-likeness (QED) is 0.650. The van der Waals surface area contributed by atoms with E-state index in [2.05, 4.69) is 4.99 Å². The second-order valence-electron chi connectivity index (χ2n) is 6.26. The minimum Gasteiger partial charge on any atom is -0.286 e. The van der Waals surface area contributed by atoms with E-state index in [0.29, 0.717) is 5.56 Å². The molecule has 3 N–H and O–H groups in total. The minimum atomic E-state index is -4.51. The normalized spacial score (nSPS) is 18.4. The molecule has 0 spiro atoms. The highest BCUT2D eigenvalue weighted by molar-refractivity contribution is 7.86. The molecule has 23 heavy (non-hydrogen) atoms. The van der Waals surface area contributed by atoms with Crippen molar-refractivity contribution in [2.45, 2.75) is 37.9 Å². The topological polar surface area (TPSA) is 123 Å². The summed E-state index contributed by atoms with van der Waals surface area (Å²) in [6, 6.07) is 4.89. The molecule has 0 bridgehead atoms. The maximum atomic E-state index is 11.6. The summed E-state index contributed by atoms with van der Waals surface area (Å²) in [5, 5.41) is -1.41. The molecule has 1 aliphatic rings. The summed E-state index contributed by atoms with van der Waals surface area (Å²) in [6.45, 7) is 5.88. The first-order valence-electron chi connectivity index (χ1n) is 6.99. The number of rotatable bonds is 5. The molecule has 0 aromatic heterocycles. The molecule has 2 rings (SSSR count). The fourth-order valence-electron chi connectivity index (χ4n) is 2.69. The Hall–Kier alpha value is -1.29. The van der Waals surface area contributed by atoms with Crippen LogP contribution >= 0.6 is 0 Å². The van der Waals surface area contributed by atoms with Crippen LogP contribution in [0.1, 0.15) is 43.6 Å². The van der Waals surface area contributed by atoms with Gasteiger partial charge in [0.05, 0.1) is 11.2 Å². The van der Waals surface area contributed by atoms with E-state index in [1.54, 1.807) is 12.1 Å². The molecule has 0 saturated carbocycles. The average molecular weight is 362 g/mol.